The summed E-state index contributed by atoms with van der Waals surface area (Å²) in [6, 6.07) is 0. The van der Waals surface area contributed by atoms with Crippen LogP contribution < -0.4 is 5.14 Å². The normalized spacial score (nSPS) is 13.2. The second-order valence-electron chi connectivity index (χ2n) is 2.42. The Bertz CT molecular complexity index is 406. The molecule has 0 amide bonds. The zero-order valence-corrected chi connectivity index (χ0v) is 8.12. The molecule has 0 radical (unpaired) electrons. The van der Waals surface area contributed by atoms with E-state index in [1.165, 1.54) is 0 Å². The van der Waals surface area contributed by atoms with Crippen LogP contribution in [0.5, 0.6) is 0 Å². The van der Waals surface area contributed by atoms with Crippen LogP contribution in [0.4, 0.5) is 8.78 Å². The Morgan fingerprint density at radius 2 is 2.15 bits per heavy atom. The van der Waals surface area contributed by atoms with E-state index in [1.807, 2.05) is 0 Å². The lowest BCUT2D eigenvalue weighted by atomic mass is 10.4. The number of hydrogen-bond donors (Lipinski definition) is 1. The first-order chi connectivity index (χ1) is 5.71. The third kappa shape index (κ3) is 2.42. The molecule has 1 aromatic rings. The smallest absolute Gasteiger partial charge is 0.242 e. The molecule has 0 aliphatic heterocycles. The SMILES string of the molecule is CC(F)(F)c1ncc(S(N)(=O)=O)s1. The molecule has 0 unspecified atom stereocenters. The summed E-state index contributed by atoms with van der Waals surface area (Å²) in [6.07, 6.45) is 0.826. The van der Waals surface area contributed by atoms with Crippen LogP contribution in [0.1, 0.15) is 11.9 Å². The Labute approximate surface area is 77.5 Å². The van der Waals surface area contributed by atoms with Crippen LogP contribution >= 0.6 is 11.3 Å². The quantitative estimate of drug-likeness (QED) is 0.817. The lowest BCUT2D eigenvalue weighted by molar-refractivity contribution is 0.0172. The maximum atomic E-state index is 12.6. The van der Waals surface area contributed by atoms with Gasteiger partial charge in [-0.05, 0) is 0 Å². The Morgan fingerprint density at radius 3 is 2.38 bits per heavy atom. The van der Waals surface area contributed by atoms with Gasteiger partial charge in [0.25, 0.3) is 5.92 Å². The maximum absolute atomic E-state index is 12.6. The van der Waals surface area contributed by atoms with Gasteiger partial charge in [0, 0.05) is 6.92 Å². The van der Waals surface area contributed by atoms with Gasteiger partial charge in [-0.25, -0.2) is 18.5 Å². The van der Waals surface area contributed by atoms with Gasteiger partial charge >= 0.3 is 0 Å². The lowest BCUT2D eigenvalue weighted by Gasteiger charge is -2.03. The van der Waals surface area contributed by atoms with Crippen molar-refractivity contribution in [1.29, 1.82) is 0 Å². The highest BCUT2D eigenvalue weighted by molar-refractivity contribution is 7.91. The van der Waals surface area contributed by atoms with E-state index in [1.54, 1.807) is 0 Å². The second-order valence-corrected chi connectivity index (χ2v) is 5.24. The van der Waals surface area contributed by atoms with Gasteiger partial charge in [0.2, 0.25) is 10.0 Å². The molecular weight excluding hydrogens is 222 g/mol. The van der Waals surface area contributed by atoms with Crippen LogP contribution in [0.25, 0.3) is 0 Å². The van der Waals surface area contributed by atoms with Crippen molar-refractivity contribution in [2.24, 2.45) is 5.14 Å². The highest BCUT2D eigenvalue weighted by Gasteiger charge is 2.29. The molecule has 0 spiro atoms. The number of primary sulfonamides is 1. The standard InChI is InChI=1S/C5H6F2N2O2S2/c1-5(6,7)4-9-2-3(12-4)13(8,10)11/h2H,1H3,(H2,8,10,11). The highest BCUT2D eigenvalue weighted by atomic mass is 32.2. The maximum Gasteiger partial charge on any atom is 0.296 e. The molecule has 0 saturated carbocycles. The number of thiazole rings is 1. The molecule has 0 aromatic carbocycles. The van der Waals surface area contributed by atoms with Crippen LogP contribution in [-0.2, 0) is 15.9 Å². The molecule has 8 heteroatoms. The Balaban J connectivity index is 3.16. The summed E-state index contributed by atoms with van der Waals surface area (Å²) in [4.78, 5) is 3.26. The van der Waals surface area contributed by atoms with E-state index in [0.29, 0.717) is 18.3 Å². The fourth-order valence-electron chi connectivity index (χ4n) is 0.594. The lowest BCUT2D eigenvalue weighted by Crippen LogP contribution is -2.10. The zero-order valence-electron chi connectivity index (χ0n) is 6.49. The van der Waals surface area contributed by atoms with Crippen molar-refractivity contribution >= 4 is 21.4 Å². The molecular formula is C5H6F2N2O2S2. The number of sulfonamides is 1. The first kappa shape index (κ1) is 10.5. The Hall–Kier alpha value is -0.600. The molecule has 1 rings (SSSR count). The van der Waals surface area contributed by atoms with Crippen molar-refractivity contribution < 1.29 is 17.2 Å². The fourth-order valence-corrected chi connectivity index (χ4v) is 2.08. The van der Waals surface area contributed by atoms with Gasteiger partial charge in [-0.2, -0.15) is 8.78 Å². The zero-order chi connectivity index (χ0) is 10.3. The predicted molar refractivity (Wildman–Crippen MR) is 43.1 cm³/mol. The van der Waals surface area contributed by atoms with Gasteiger partial charge in [0.05, 0.1) is 6.20 Å². The van der Waals surface area contributed by atoms with E-state index in [4.69, 9.17) is 5.14 Å². The summed E-state index contributed by atoms with van der Waals surface area (Å²) in [5, 5.41) is 4.15. The minimum atomic E-state index is -3.92. The monoisotopic (exact) mass is 228 g/mol. The molecule has 74 valence electrons. The van der Waals surface area contributed by atoms with Crippen molar-refractivity contribution in [2.45, 2.75) is 17.1 Å². The molecule has 0 bridgehead atoms. The van der Waals surface area contributed by atoms with E-state index in [9.17, 15) is 17.2 Å². The summed E-state index contributed by atoms with van der Waals surface area (Å²) in [5.74, 6) is -3.13. The molecule has 4 nitrogen and oxygen atoms in total. The van der Waals surface area contributed by atoms with E-state index in [2.05, 4.69) is 4.98 Å². The van der Waals surface area contributed by atoms with Crippen LogP contribution in [0.3, 0.4) is 0 Å². The minimum Gasteiger partial charge on any atom is -0.242 e. The number of nitrogens with zero attached hydrogens (tertiary/aromatic N) is 1. The number of alkyl halides is 2. The molecule has 0 aliphatic rings. The van der Waals surface area contributed by atoms with E-state index in [-0.39, 0.29) is 4.21 Å². The van der Waals surface area contributed by atoms with Gasteiger partial charge in [-0.15, -0.1) is 0 Å². The fraction of sp³-hybridized carbons (Fsp3) is 0.400. The van der Waals surface area contributed by atoms with Crippen LogP contribution in [0, 0.1) is 0 Å². The molecule has 0 saturated heterocycles. The number of aromatic nitrogens is 1. The van der Waals surface area contributed by atoms with E-state index < -0.39 is 21.0 Å². The average Bonchev–Trinajstić information content (AvgIpc) is 2.28. The average molecular weight is 228 g/mol. The minimum absolute atomic E-state index is 0.357. The van der Waals surface area contributed by atoms with Crippen LogP contribution in [0.15, 0.2) is 10.4 Å². The Kier molecular flexibility index (Phi) is 2.39. The third-order valence-electron chi connectivity index (χ3n) is 1.14. The number of hydrogen-bond acceptors (Lipinski definition) is 4. The van der Waals surface area contributed by atoms with Gasteiger partial charge in [0.1, 0.15) is 0 Å². The van der Waals surface area contributed by atoms with Gasteiger partial charge in [0.15, 0.2) is 9.22 Å². The number of halogens is 2. The van der Waals surface area contributed by atoms with Crippen molar-refractivity contribution in [3.63, 3.8) is 0 Å². The number of nitrogens with two attached hydrogens (primary N) is 1. The highest BCUT2D eigenvalue weighted by Crippen LogP contribution is 2.31. The molecule has 0 aliphatic carbocycles. The van der Waals surface area contributed by atoms with Crippen LogP contribution in [0.2, 0.25) is 0 Å². The van der Waals surface area contributed by atoms with Gasteiger partial charge < -0.3 is 0 Å². The Morgan fingerprint density at radius 1 is 1.62 bits per heavy atom. The van der Waals surface area contributed by atoms with Crippen molar-refractivity contribution in [2.75, 3.05) is 0 Å². The molecule has 0 atom stereocenters. The molecule has 1 aromatic heterocycles. The van der Waals surface area contributed by atoms with Crippen LogP contribution in [-0.4, -0.2) is 13.4 Å². The summed E-state index contributed by atoms with van der Waals surface area (Å²) < 4.78 is 46.1. The summed E-state index contributed by atoms with van der Waals surface area (Å²) in [7, 11) is -3.92. The summed E-state index contributed by atoms with van der Waals surface area (Å²) in [6.45, 7) is 0.638. The molecule has 0 fully saturated rings. The van der Waals surface area contributed by atoms with Gasteiger partial charge in [-0.3, -0.25) is 0 Å². The topological polar surface area (TPSA) is 73.0 Å². The predicted octanol–water partition coefficient (Wildman–Crippen LogP) is 0.902. The largest absolute Gasteiger partial charge is 0.296 e. The number of rotatable bonds is 2. The summed E-state index contributed by atoms with van der Waals surface area (Å²) >= 11 is 0.373. The van der Waals surface area contributed by atoms with E-state index in [0.717, 1.165) is 6.20 Å². The third-order valence-corrected chi connectivity index (χ3v) is 3.72. The molecule has 1 heterocycles. The first-order valence-corrected chi connectivity index (χ1v) is 5.44. The molecule has 2 N–H and O–H groups in total. The first-order valence-electron chi connectivity index (χ1n) is 3.08. The second kappa shape index (κ2) is 2.96. The summed E-state index contributed by atoms with van der Waals surface area (Å²) in [5.41, 5.74) is 0. The molecule has 13 heavy (non-hydrogen) atoms. The van der Waals surface area contributed by atoms with Crippen molar-refractivity contribution in [3.05, 3.63) is 11.2 Å². The van der Waals surface area contributed by atoms with E-state index >= 15 is 0 Å². The van der Waals surface area contributed by atoms with Gasteiger partial charge in [-0.1, -0.05) is 11.3 Å². The van der Waals surface area contributed by atoms with Crippen molar-refractivity contribution in [3.8, 4) is 0 Å². The van der Waals surface area contributed by atoms with Crippen molar-refractivity contribution in [1.82, 2.24) is 4.98 Å².